The van der Waals surface area contributed by atoms with Gasteiger partial charge in [0.25, 0.3) is 0 Å². The van der Waals surface area contributed by atoms with Crippen molar-refractivity contribution < 1.29 is 14.3 Å². The Bertz CT molecular complexity index is 994. The van der Waals surface area contributed by atoms with Gasteiger partial charge in [-0.05, 0) is 91.0 Å². The van der Waals surface area contributed by atoms with Gasteiger partial charge in [-0.25, -0.2) is 4.79 Å². The van der Waals surface area contributed by atoms with E-state index in [1.807, 2.05) is 46.0 Å². The molecule has 8 nitrogen and oxygen atoms in total. The summed E-state index contributed by atoms with van der Waals surface area (Å²) in [6.07, 6.45) is 7.54. The Kier molecular flexibility index (Phi) is 12.6. The molecule has 41 heavy (non-hydrogen) atoms. The number of benzene rings is 1. The summed E-state index contributed by atoms with van der Waals surface area (Å²) >= 11 is 6.47. The summed E-state index contributed by atoms with van der Waals surface area (Å²) in [6, 6.07) is 6.46. The molecule has 3 N–H and O–H groups in total. The second-order valence-corrected chi connectivity index (χ2v) is 13.5. The van der Waals surface area contributed by atoms with Gasteiger partial charge in [-0.1, -0.05) is 36.9 Å². The third-order valence-corrected chi connectivity index (χ3v) is 9.24. The molecule has 2 fully saturated rings. The van der Waals surface area contributed by atoms with Gasteiger partial charge in [0.15, 0.2) is 0 Å². The summed E-state index contributed by atoms with van der Waals surface area (Å²) in [7, 11) is 3.45. The quantitative estimate of drug-likeness (QED) is 0.321. The van der Waals surface area contributed by atoms with Crippen LogP contribution in [0.4, 0.5) is 10.5 Å². The van der Waals surface area contributed by atoms with Crippen LogP contribution in [0.15, 0.2) is 18.2 Å². The lowest BCUT2D eigenvalue weighted by Crippen LogP contribution is -2.56. The molecule has 232 valence electrons. The van der Waals surface area contributed by atoms with E-state index in [-0.39, 0.29) is 41.6 Å². The van der Waals surface area contributed by atoms with Gasteiger partial charge in [0.2, 0.25) is 5.91 Å². The fourth-order valence-corrected chi connectivity index (χ4v) is 6.94. The smallest absolute Gasteiger partial charge is 0.409 e. The van der Waals surface area contributed by atoms with Crippen molar-refractivity contribution >= 4 is 29.3 Å². The molecule has 2 amide bonds. The zero-order chi connectivity index (χ0) is 30.2. The molecule has 1 aromatic carbocycles. The Hall–Kier alpha value is -2.03. The van der Waals surface area contributed by atoms with E-state index in [9.17, 15) is 9.59 Å². The number of nitrogens with one attached hydrogen (secondary N) is 3. The molecule has 4 atom stereocenters. The van der Waals surface area contributed by atoms with E-state index in [0.717, 1.165) is 37.2 Å². The molecule has 0 aromatic heterocycles. The van der Waals surface area contributed by atoms with Gasteiger partial charge < -0.3 is 30.5 Å². The maximum absolute atomic E-state index is 13.6. The van der Waals surface area contributed by atoms with Gasteiger partial charge in [-0.3, -0.25) is 4.79 Å². The number of rotatable bonds is 11. The van der Waals surface area contributed by atoms with Crippen molar-refractivity contribution in [3.05, 3.63) is 28.8 Å². The highest BCUT2D eigenvalue weighted by Gasteiger charge is 2.34. The number of ether oxygens (including phenoxy) is 1. The van der Waals surface area contributed by atoms with E-state index >= 15 is 0 Å². The second-order valence-electron chi connectivity index (χ2n) is 13.0. The van der Waals surface area contributed by atoms with E-state index < -0.39 is 0 Å². The molecular weight excluding hydrogens is 538 g/mol. The minimum Gasteiger partial charge on any atom is -0.453 e. The van der Waals surface area contributed by atoms with Crippen LogP contribution in [-0.4, -0.2) is 80.9 Å². The number of methoxy groups -OCH3 is 1. The Balaban J connectivity index is 1.73. The van der Waals surface area contributed by atoms with Crippen molar-refractivity contribution in [3.63, 3.8) is 0 Å². The molecule has 0 bridgehead atoms. The molecule has 2 aliphatic rings. The lowest BCUT2D eigenvalue weighted by Gasteiger charge is -2.41. The maximum atomic E-state index is 13.6. The lowest BCUT2D eigenvalue weighted by molar-refractivity contribution is -0.126. The molecule has 1 heterocycles. The number of halogens is 1. The van der Waals surface area contributed by atoms with Crippen molar-refractivity contribution in [1.29, 1.82) is 0 Å². The molecule has 9 heteroatoms. The zero-order valence-electron chi connectivity index (χ0n) is 26.4. The molecule has 1 aliphatic heterocycles. The van der Waals surface area contributed by atoms with Crippen LogP contribution in [0.1, 0.15) is 78.2 Å². The third kappa shape index (κ3) is 9.23. The monoisotopic (exact) mass is 591 g/mol. The average Bonchev–Trinajstić information content (AvgIpc) is 2.94. The fourth-order valence-electron chi connectivity index (χ4n) is 6.78. The van der Waals surface area contributed by atoms with Crippen molar-refractivity contribution in [2.45, 2.75) is 103 Å². The molecule has 1 saturated heterocycles. The first-order valence-corrected chi connectivity index (χ1v) is 15.9. The maximum Gasteiger partial charge on any atom is 0.409 e. The van der Waals surface area contributed by atoms with Crippen LogP contribution in [0, 0.1) is 18.8 Å². The predicted octanol–water partition coefficient (Wildman–Crippen LogP) is 5.36. The highest BCUT2D eigenvalue weighted by atomic mass is 35.5. The number of piperidine rings is 1. The number of anilines is 1. The topological polar surface area (TPSA) is 85.9 Å². The van der Waals surface area contributed by atoms with Crippen LogP contribution >= 0.6 is 11.6 Å². The largest absolute Gasteiger partial charge is 0.453 e. The van der Waals surface area contributed by atoms with Gasteiger partial charge in [0.05, 0.1) is 13.0 Å². The van der Waals surface area contributed by atoms with Crippen molar-refractivity contribution in [3.8, 4) is 0 Å². The molecule has 0 radical (unpaired) electrons. The summed E-state index contributed by atoms with van der Waals surface area (Å²) in [6.45, 7) is 13.1. The number of amides is 2. The van der Waals surface area contributed by atoms with E-state index in [2.05, 4.69) is 34.7 Å². The fraction of sp³-hybridized carbons (Fsp3) is 0.750. The highest BCUT2D eigenvalue weighted by molar-refractivity contribution is 6.30. The van der Waals surface area contributed by atoms with Gasteiger partial charge in [0, 0.05) is 60.6 Å². The second kappa shape index (κ2) is 15.4. The number of carbonyl (C=O) groups excluding carboxylic acids is 2. The van der Waals surface area contributed by atoms with Crippen LogP contribution in [0.5, 0.6) is 0 Å². The number of hydrogen-bond donors (Lipinski definition) is 3. The standard InChI is InChI=1S/C32H54ClN5O3/c1-22-14-15-26(33)19-28(22)37(16-11-17-38(31(40)41-7)32(3,4)5)27-18-25(20-35-21-27)30(39)36-23(2)29(34-6)24-12-9-8-10-13-24/h14-15,19,23-25,27,29,34-35H,8-13,16-18,20-21H2,1-7H3,(H,36,39). The summed E-state index contributed by atoms with van der Waals surface area (Å²) in [5.41, 5.74) is 1.87. The van der Waals surface area contributed by atoms with Crippen LogP contribution in [0.2, 0.25) is 5.02 Å². The lowest BCUT2D eigenvalue weighted by atomic mass is 9.81. The van der Waals surface area contributed by atoms with E-state index in [4.69, 9.17) is 16.3 Å². The first-order chi connectivity index (χ1) is 19.5. The number of carbonyl (C=O) groups is 2. The Morgan fingerprint density at radius 3 is 2.49 bits per heavy atom. The Morgan fingerprint density at radius 2 is 1.85 bits per heavy atom. The van der Waals surface area contributed by atoms with Crippen LogP contribution < -0.4 is 20.9 Å². The molecule has 1 aromatic rings. The van der Waals surface area contributed by atoms with Crippen molar-refractivity contribution in [2.75, 3.05) is 45.2 Å². The van der Waals surface area contributed by atoms with Gasteiger partial charge >= 0.3 is 6.09 Å². The Labute approximate surface area is 253 Å². The van der Waals surface area contributed by atoms with Crippen molar-refractivity contribution in [1.82, 2.24) is 20.9 Å². The highest BCUT2D eigenvalue weighted by Crippen LogP contribution is 2.31. The van der Waals surface area contributed by atoms with Crippen molar-refractivity contribution in [2.24, 2.45) is 11.8 Å². The van der Waals surface area contributed by atoms with Crippen LogP contribution in [0.25, 0.3) is 0 Å². The van der Waals surface area contributed by atoms with Gasteiger partial charge in [-0.2, -0.15) is 0 Å². The normalized spacial score (nSPS) is 21.6. The summed E-state index contributed by atoms with van der Waals surface area (Å²) in [5, 5.41) is 11.1. The van der Waals surface area contributed by atoms with Crippen LogP contribution in [0.3, 0.4) is 0 Å². The third-order valence-electron chi connectivity index (χ3n) is 9.00. The van der Waals surface area contributed by atoms with E-state index in [1.165, 1.54) is 39.2 Å². The first kappa shape index (κ1) is 33.5. The van der Waals surface area contributed by atoms with Gasteiger partial charge in [0.1, 0.15) is 0 Å². The minimum absolute atomic E-state index is 0.0731. The van der Waals surface area contributed by atoms with E-state index in [0.29, 0.717) is 24.0 Å². The number of aryl methyl sites for hydroxylation is 1. The molecule has 3 rings (SSSR count). The summed E-state index contributed by atoms with van der Waals surface area (Å²) in [5.74, 6) is 0.613. The summed E-state index contributed by atoms with van der Waals surface area (Å²) in [4.78, 5) is 30.2. The van der Waals surface area contributed by atoms with Crippen LogP contribution in [-0.2, 0) is 9.53 Å². The zero-order valence-corrected chi connectivity index (χ0v) is 27.2. The molecular formula is C32H54ClN5O3. The van der Waals surface area contributed by atoms with E-state index in [1.54, 1.807) is 4.90 Å². The predicted molar refractivity (Wildman–Crippen MR) is 169 cm³/mol. The molecule has 1 saturated carbocycles. The number of nitrogens with zero attached hydrogens (tertiary/aromatic N) is 2. The van der Waals surface area contributed by atoms with Gasteiger partial charge in [-0.15, -0.1) is 0 Å². The Morgan fingerprint density at radius 1 is 1.15 bits per heavy atom. The summed E-state index contributed by atoms with van der Waals surface area (Å²) < 4.78 is 5.06. The average molecular weight is 592 g/mol. The number of likely N-dealkylation sites (N-methyl/N-ethyl adjacent to an activating group) is 1. The molecule has 4 unspecified atom stereocenters. The molecule has 0 spiro atoms. The number of hydrogen-bond acceptors (Lipinski definition) is 6. The molecule has 1 aliphatic carbocycles. The minimum atomic E-state index is -0.348. The first-order valence-electron chi connectivity index (χ1n) is 15.5. The SMILES string of the molecule is CNC(C1CCCCC1)C(C)NC(=O)C1CNCC(N(CCCN(C(=O)OC)C(C)(C)C)c2cc(Cl)ccc2C)C1.